The second kappa shape index (κ2) is 8.97. The van der Waals surface area contributed by atoms with Gasteiger partial charge in [0, 0.05) is 25.0 Å². The van der Waals surface area contributed by atoms with Crippen LogP contribution in [0.3, 0.4) is 0 Å². The molecule has 0 radical (unpaired) electrons. The third-order valence-corrected chi connectivity index (χ3v) is 5.47. The summed E-state index contributed by atoms with van der Waals surface area (Å²) in [4.78, 5) is 20.2. The highest BCUT2D eigenvalue weighted by Crippen LogP contribution is 2.32. The molecule has 30 heavy (non-hydrogen) atoms. The van der Waals surface area contributed by atoms with Crippen molar-refractivity contribution >= 4 is 11.5 Å². The Hall–Kier alpha value is -3.37. The van der Waals surface area contributed by atoms with Gasteiger partial charge in [0.25, 0.3) is 0 Å². The van der Waals surface area contributed by atoms with Crippen LogP contribution in [0.4, 0.5) is 11.5 Å². The number of piperidine rings is 1. The minimum Gasteiger partial charge on any atom is -0.339 e. The third kappa shape index (κ3) is 4.61. The molecule has 1 N–H and O–H groups in total. The molecule has 0 unspecified atom stereocenters. The van der Waals surface area contributed by atoms with Gasteiger partial charge in [-0.05, 0) is 62.6 Å². The van der Waals surface area contributed by atoms with Crippen LogP contribution in [0.5, 0.6) is 0 Å². The Morgan fingerprint density at radius 1 is 1.17 bits per heavy atom. The van der Waals surface area contributed by atoms with Gasteiger partial charge in [0.05, 0.1) is 23.6 Å². The topological polar surface area (TPSA) is 90.6 Å². The lowest BCUT2D eigenvalue weighted by molar-refractivity contribution is 0.137. The highest BCUT2D eigenvalue weighted by molar-refractivity contribution is 5.55. The molecule has 7 nitrogen and oxygen atoms in total. The van der Waals surface area contributed by atoms with E-state index in [2.05, 4.69) is 38.2 Å². The Labute approximate surface area is 176 Å². The van der Waals surface area contributed by atoms with Crippen molar-refractivity contribution in [3.05, 3.63) is 71.2 Å². The van der Waals surface area contributed by atoms with E-state index in [1.54, 1.807) is 12.3 Å². The normalized spacial score (nSPS) is 16.8. The van der Waals surface area contributed by atoms with Crippen LogP contribution < -0.4 is 5.32 Å². The Bertz CT molecular complexity index is 1060. The van der Waals surface area contributed by atoms with Gasteiger partial charge in [-0.25, -0.2) is 15.0 Å². The maximum absolute atomic E-state index is 8.92. The zero-order valence-electron chi connectivity index (χ0n) is 17.3. The number of nitrogens with one attached hydrogen (secondary N) is 1. The van der Waals surface area contributed by atoms with Crippen LogP contribution in [0.25, 0.3) is 0 Å². The Morgan fingerprint density at radius 3 is 2.83 bits per heavy atom. The summed E-state index contributed by atoms with van der Waals surface area (Å²) in [6.07, 6.45) is 8.92. The van der Waals surface area contributed by atoms with Crippen molar-refractivity contribution in [3.8, 4) is 6.07 Å². The summed E-state index contributed by atoms with van der Waals surface area (Å²) in [5.74, 6) is 1.48. The van der Waals surface area contributed by atoms with Crippen molar-refractivity contribution in [3.63, 3.8) is 0 Å². The van der Waals surface area contributed by atoms with E-state index in [1.807, 2.05) is 37.5 Å². The molecule has 0 aliphatic carbocycles. The number of nitrogens with zero attached hydrogens (tertiary/aromatic N) is 6. The summed E-state index contributed by atoms with van der Waals surface area (Å²) in [7, 11) is 0. The summed E-state index contributed by atoms with van der Waals surface area (Å²) < 4.78 is 0. The van der Waals surface area contributed by atoms with Crippen LogP contribution in [0, 0.1) is 25.2 Å². The summed E-state index contributed by atoms with van der Waals surface area (Å²) in [5, 5.41) is 12.2. The molecule has 0 bridgehead atoms. The highest BCUT2D eigenvalue weighted by Gasteiger charge is 2.26. The zero-order valence-corrected chi connectivity index (χ0v) is 17.3. The van der Waals surface area contributed by atoms with Gasteiger partial charge in [0.15, 0.2) is 0 Å². The van der Waals surface area contributed by atoms with E-state index in [-0.39, 0.29) is 6.04 Å². The molecule has 0 saturated carbocycles. The summed E-state index contributed by atoms with van der Waals surface area (Å²) in [6, 6.07) is 9.96. The molecule has 0 aromatic carbocycles. The quantitative estimate of drug-likeness (QED) is 0.686. The molecule has 1 aliphatic rings. The van der Waals surface area contributed by atoms with Crippen LogP contribution in [0.1, 0.15) is 53.6 Å². The average molecular weight is 400 g/mol. The lowest BCUT2D eigenvalue weighted by Gasteiger charge is -2.35. The molecule has 1 saturated heterocycles. The van der Waals surface area contributed by atoms with Gasteiger partial charge in [-0.1, -0.05) is 6.42 Å². The molecule has 3 aromatic heterocycles. The number of anilines is 2. The lowest BCUT2D eigenvalue weighted by atomic mass is 9.97. The fourth-order valence-corrected chi connectivity index (χ4v) is 3.92. The first kappa shape index (κ1) is 19.9. The van der Waals surface area contributed by atoms with E-state index in [0.717, 1.165) is 42.5 Å². The Kier molecular flexibility index (Phi) is 5.96. The molecule has 3 aromatic rings. The summed E-state index contributed by atoms with van der Waals surface area (Å²) >= 11 is 0. The van der Waals surface area contributed by atoms with Crippen molar-refractivity contribution in [2.75, 3.05) is 11.9 Å². The molecule has 1 atom stereocenters. The van der Waals surface area contributed by atoms with Crippen molar-refractivity contribution < 1.29 is 0 Å². The van der Waals surface area contributed by atoms with Crippen molar-refractivity contribution in [2.45, 2.75) is 45.7 Å². The van der Waals surface area contributed by atoms with E-state index in [0.29, 0.717) is 5.69 Å². The van der Waals surface area contributed by atoms with Gasteiger partial charge in [-0.15, -0.1) is 0 Å². The first-order chi connectivity index (χ1) is 14.6. The highest BCUT2D eigenvalue weighted by atomic mass is 15.2. The molecule has 1 aliphatic heterocycles. The van der Waals surface area contributed by atoms with Gasteiger partial charge in [0.1, 0.15) is 23.4 Å². The maximum Gasteiger partial charge on any atom is 0.140 e. The number of hydrogen-bond donors (Lipinski definition) is 1. The molecule has 7 heteroatoms. The second-order valence-electron chi connectivity index (χ2n) is 7.68. The van der Waals surface area contributed by atoms with E-state index in [1.165, 1.54) is 24.0 Å². The van der Waals surface area contributed by atoms with Gasteiger partial charge in [-0.2, -0.15) is 5.26 Å². The molecule has 152 valence electrons. The van der Waals surface area contributed by atoms with Gasteiger partial charge < -0.3 is 5.32 Å². The third-order valence-electron chi connectivity index (χ3n) is 5.47. The fraction of sp³-hybridized carbons (Fsp3) is 0.348. The Morgan fingerprint density at radius 2 is 2.07 bits per heavy atom. The second-order valence-corrected chi connectivity index (χ2v) is 7.68. The number of likely N-dealkylation sites (tertiary alicyclic amines) is 1. The van der Waals surface area contributed by atoms with Crippen LogP contribution in [0.15, 0.2) is 42.9 Å². The molecule has 1 fully saturated rings. The van der Waals surface area contributed by atoms with E-state index in [9.17, 15) is 0 Å². The predicted molar refractivity (Wildman–Crippen MR) is 115 cm³/mol. The van der Waals surface area contributed by atoms with E-state index in [4.69, 9.17) is 10.2 Å². The van der Waals surface area contributed by atoms with E-state index >= 15 is 0 Å². The predicted octanol–water partition coefficient (Wildman–Crippen LogP) is 4.23. The number of nitriles is 1. The maximum atomic E-state index is 8.92. The molecule has 0 amide bonds. The number of hydrogen-bond acceptors (Lipinski definition) is 7. The molecular formula is C23H25N7. The average Bonchev–Trinajstić information content (AvgIpc) is 2.76. The SMILES string of the molecule is Cc1nc(Nc2ccc(C#N)nc2)cc([C@H]2CCCCN2Cc2ccncc2C)n1. The van der Waals surface area contributed by atoms with Crippen molar-refractivity contribution in [2.24, 2.45) is 0 Å². The van der Waals surface area contributed by atoms with Gasteiger partial charge in [0.2, 0.25) is 0 Å². The van der Waals surface area contributed by atoms with Crippen LogP contribution in [0.2, 0.25) is 0 Å². The van der Waals surface area contributed by atoms with Crippen LogP contribution in [-0.2, 0) is 6.54 Å². The van der Waals surface area contributed by atoms with Crippen LogP contribution in [-0.4, -0.2) is 31.4 Å². The Balaban J connectivity index is 1.58. The van der Waals surface area contributed by atoms with Crippen molar-refractivity contribution in [1.29, 1.82) is 5.26 Å². The van der Waals surface area contributed by atoms with Crippen LogP contribution >= 0.6 is 0 Å². The smallest absolute Gasteiger partial charge is 0.140 e. The van der Waals surface area contributed by atoms with E-state index < -0.39 is 0 Å². The fourth-order valence-electron chi connectivity index (χ4n) is 3.92. The monoisotopic (exact) mass is 399 g/mol. The number of aromatic nitrogens is 4. The largest absolute Gasteiger partial charge is 0.339 e. The first-order valence-corrected chi connectivity index (χ1v) is 10.2. The minimum atomic E-state index is 0.257. The van der Waals surface area contributed by atoms with Crippen molar-refractivity contribution in [1.82, 2.24) is 24.8 Å². The van der Waals surface area contributed by atoms with Gasteiger partial charge in [-0.3, -0.25) is 9.88 Å². The summed E-state index contributed by atoms with van der Waals surface area (Å²) in [5.41, 5.74) is 4.76. The van der Waals surface area contributed by atoms with Gasteiger partial charge >= 0.3 is 0 Å². The molecule has 4 heterocycles. The number of aryl methyl sites for hydroxylation is 2. The first-order valence-electron chi connectivity index (χ1n) is 10.2. The molecule has 4 rings (SSSR count). The number of pyridine rings is 2. The minimum absolute atomic E-state index is 0.257. The summed E-state index contributed by atoms with van der Waals surface area (Å²) in [6.45, 7) is 5.98. The lowest BCUT2D eigenvalue weighted by Crippen LogP contribution is -2.33. The molecule has 0 spiro atoms. The zero-order chi connectivity index (χ0) is 20.9. The number of rotatable bonds is 5. The standard InChI is InChI=1S/C23H25N7/c1-16-13-25-9-8-18(16)15-30-10-4-3-5-22(30)21-11-23(28-17(2)27-21)29-20-7-6-19(12-24)26-14-20/h6-9,11,13-14,22H,3-5,10,15H2,1-2H3,(H,27,28,29)/t22-/m1/s1. The molecular weight excluding hydrogens is 374 g/mol.